The monoisotopic (exact) mass is 562 g/mol. The molecule has 0 saturated carbocycles. The van der Waals surface area contributed by atoms with Gasteiger partial charge in [-0.3, -0.25) is 9.59 Å². The molecule has 0 unspecified atom stereocenters. The lowest BCUT2D eigenvalue weighted by Gasteiger charge is -2.32. The molecule has 0 bridgehead atoms. The third-order valence-corrected chi connectivity index (χ3v) is 7.31. The number of hydrogen-bond donors (Lipinski definition) is 1. The maximum Gasteiger partial charge on any atom is 0.243 e. The number of rotatable bonds is 11. The summed E-state index contributed by atoms with van der Waals surface area (Å²) in [6, 6.07) is 21.6. The predicted molar refractivity (Wildman–Crippen MR) is 151 cm³/mol. The summed E-state index contributed by atoms with van der Waals surface area (Å²) in [5.74, 6) is 0.245. The first-order chi connectivity index (χ1) is 17.2. The number of halogens is 3. The van der Waals surface area contributed by atoms with Gasteiger partial charge in [-0.15, -0.1) is 11.8 Å². The van der Waals surface area contributed by atoms with Crippen LogP contribution in [0, 0.1) is 0 Å². The second kappa shape index (κ2) is 13.9. The number of nitrogens with one attached hydrogen (secondary N) is 1. The van der Waals surface area contributed by atoms with Crippen LogP contribution >= 0.6 is 46.6 Å². The maximum absolute atomic E-state index is 13.6. The SMILES string of the molecule is CC(C)NC(=O)[C@H](Cc1ccccc1)N(Cc1ccc(Cl)cc1Cl)C(=O)CCSc1ccc(Cl)cc1. The van der Waals surface area contributed by atoms with E-state index in [1.807, 2.05) is 68.4 Å². The summed E-state index contributed by atoms with van der Waals surface area (Å²) in [6.45, 7) is 4.01. The molecule has 0 fully saturated rings. The summed E-state index contributed by atoms with van der Waals surface area (Å²) in [5, 5.41) is 4.63. The number of benzene rings is 3. The number of hydrogen-bond acceptors (Lipinski definition) is 3. The number of thioether (sulfide) groups is 1. The standard InChI is InChI=1S/C28H29Cl3N2O2S/c1-19(2)32-28(35)26(16-20-6-4-3-5-7-20)33(18-21-8-9-23(30)17-25(21)31)27(34)14-15-36-24-12-10-22(29)11-13-24/h3-13,17,19,26H,14-16,18H2,1-2H3,(H,32,35)/t26-/m0/s1. The third-order valence-electron chi connectivity index (χ3n) is 5.46. The molecule has 0 aliphatic heterocycles. The minimum absolute atomic E-state index is 0.0627. The summed E-state index contributed by atoms with van der Waals surface area (Å²) >= 11 is 20.1. The molecule has 0 spiro atoms. The van der Waals surface area contributed by atoms with E-state index in [-0.39, 0.29) is 30.8 Å². The normalized spacial score (nSPS) is 11.8. The van der Waals surface area contributed by atoms with Gasteiger partial charge in [0.25, 0.3) is 0 Å². The van der Waals surface area contributed by atoms with Crippen LogP contribution < -0.4 is 5.32 Å². The molecule has 1 atom stereocenters. The van der Waals surface area contributed by atoms with Gasteiger partial charge >= 0.3 is 0 Å². The Balaban J connectivity index is 1.87. The van der Waals surface area contributed by atoms with Crippen molar-refractivity contribution in [3.63, 3.8) is 0 Å². The Bertz CT molecular complexity index is 1160. The number of nitrogens with zero attached hydrogens (tertiary/aromatic N) is 1. The molecule has 3 rings (SSSR count). The quantitative estimate of drug-likeness (QED) is 0.249. The highest BCUT2D eigenvalue weighted by Crippen LogP contribution is 2.26. The molecule has 0 aliphatic carbocycles. The second-order valence-electron chi connectivity index (χ2n) is 8.68. The molecule has 190 valence electrons. The second-order valence-corrected chi connectivity index (χ2v) is 11.1. The van der Waals surface area contributed by atoms with Gasteiger partial charge in [-0.25, -0.2) is 0 Å². The predicted octanol–water partition coefficient (Wildman–Crippen LogP) is 7.29. The first-order valence-corrected chi connectivity index (χ1v) is 13.8. The summed E-state index contributed by atoms with van der Waals surface area (Å²) in [5.41, 5.74) is 1.70. The van der Waals surface area contributed by atoms with Gasteiger partial charge in [-0.1, -0.05) is 71.2 Å². The fraction of sp³-hybridized carbons (Fsp3) is 0.286. The van der Waals surface area contributed by atoms with Crippen molar-refractivity contribution in [3.8, 4) is 0 Å². The van der Waals surface area contributed by atoms with Crippen molar-refractivity contribution in [2.75, 3.05) is 5.75 Å². The Kier molecular flexibility index (Phi) is 11.0. The van der Waals surface area contributed by atoms with Gasteiger partial charge in [0.2, 0.25) is 11.8 Å². The number of carbonyl (C=O) groups excluding carboxylic acids is 2. The lowest BCUT2D eigenvalue weighted by molar-refractivity contribution is -0.141. The largest absolute Gasteiger partial charge is 0.352 e. The molecule has 3 aromatic rings. The molecule has 3 aromatic carbocycles. The van der Waals surface area contributed by atoms with Crippen LogP contribution in [0.2, 0.25) is 15.1 Å². The highest BCUT2D eigenvalue weighted by Gasteiger charge is 2.31. The van der Waals surface area contributed by atoms with E-state index in [4.69, 9.17) is 34.8 Å². The van der Waals surface area contributed by atoms with Gasteiger partial charge in [0.1, 0.15) is 6.04 Å². The van der Waals surface area contributed by atoms with Crippen LogP contribution in [-0.2, 0) is 22.6 Å². The van der Waals surface area contributed by atoms with E-state index in [1.54, 1.807) is 34.9 Å². The van der Waals surface area contributed by atoms with E-state index >= 15 is 0 Å². The van der Waals surface area contributed by atoms with Gasteiger partial charge in [0, 0.05) is 51.1 Å². The van der Waals surface area contributed by atoms with E-state index in [9.17, 15) is 9.59 Å². The van der Waals surface area contributed by atoms with Crippen molar-refractivity contribution in [2.24, 2.45) is 0 Å². The summed E-state index contributed by atoms with van der Waals surface area (Å²) < 4.78 is 0. The molecule has 8 heteroatoms. The van der Waals surface area contributed by atoms with E-state index < -0.39 is 6.04 Å². The van der Waals surface area contributed by atoms with Gasteiger partial charge in [0.05, 0.1) is 0 Å². The summed E-state index contributed by atoms with van der Waals surface area (Å²) in [7, 11) is 0. The molecule has 1 N–H and O–H groups in total. The number of carbonyl (C=O) groups is 2. The molecule has 0 aromatic heterocycles. The van der Waals surface area contributed by atoms with Crippen molar-refractivity contribution in [1.82, 2.24) is 10.2 Å². The van der Waals surface area contributed by atoms with Gasteiger partial charge < -0.3 is 10.2 Å². The Labute approximate surface area is 232 Å². The average molecular weight is 564 g/mol. The molecule has 0 heterocycles. The van der Waals surface area contributed by atoms with Crippen molar-refractivity contribution in [1.29, 1.82) is 0 Å². The molecular weight excluding hydrogens is 535 g/mol. The fourth-order valence-electron chi connectivity index (χ4n) is 3.70. The minimum Gasteiger partial charge on any atom is -0.352 e. The van der Waals surface area contributed by atoms with Crippen molar-refractivity contribution in [3.05, 3.63) is 99.0 Å². The lowest BCUT2D eigenvalue weighted by Crippen LogP contribution is -2.51. The van der Waals surface area contributed by atoms with E-state index in [0.717, 1.165) is 16.0 Å². The van der Waals surface area contributed by atoms with Crippen LogP contribution in [0.1, 0.15) is 31.4 Å². The number of amides is 2. The molecule has 0 saturated heterocycles. The molecule has 0 aliphatic rings. The van der Waals surface area contributed by atoms with Crippen molar-refractivity contribution < 1.29 is 9.59 Å². The van der Waals surface area contributed by atoms with E-state index in [0.29, 0.717) is 27.2 Å². The van der Waals surface area contributed by atoms with Crippen LogP contribution in [0.5, 0.6) is 0 Å². The lowest BCUT2D eigenvalue weighted by atomic mass is 10.0. The average Bonchev–Trinajstić information content (AvgIpc) is 2.84. The fourth-order valence-corrected chi connectivity index (χ4v) is 5.13. The molecule has 4 nitrogen and oxygen atoms in total. The molecular formula is C28H29Cl3N2O2S. The van der Waals surface area contributed by atoms with Crippen LogP contribution in [-0.4, -0.2) is 34.6 Å². The Morgan fingerprint density at radius 2 is 1.58 bits per heavy atom. The third kappa shape index (κ3) is 8.74. The van der Waals surface area contributed by atoms with Gasteiger partial charge in [-0.2, -0.15) is 0 Å². The molecule has 36 heavy (non-hydrogen) atoms. The van der Waals surface area contributed by atoms with Crippen LogP contribution in [0.3, 0.4) is 0 Å². The minimum atomic E-state index is -0.699. The topological polar surface area (TPSA) is 49.4 Å². The zero-order chi connectivity index (χ0) is 26.1. The van der Waals surface area contributed by atoms with Crippen molar-refractivity contribution in [2.45, 2.75) is 50.2 Å². The smallest absolute Gasteiger partial charge is 0.243 e. The first kappa shape index (κ1) is 28.4. The van der Waals surface area contributed by atoms with Crippen molar-refractivity contribution >= 4 is 58.4 Å². The van der Waals surface area contributed by atoms with Crippen LogP contribution in [0.4, 0.5) is 0 Å². The Hall–Kier alpha value is -2.18. The highest BCUT2D eigenvalue weighted by atomic mass is 35.5. The zero-order valence-electron chi connectivity index (χ0n) is 20.2. The molecule has 2 amide bonds. The first-order valence-electron chi connectivity index (χ1n) is 11.7. The van der Waals surface area contributed by atoms with E-state index in [2.05, 4.69) is 5.32 Å². The summed E-state index contributed by atoms with van der Waals surface area (Å²) in [6.07, 6.45) is 0.652. The molecule has 0 radical (unpaired) electrons. The highest BCUT2D eigenvalue weighted by molar-refractivity contribution is 7.99. The summed E-state index contributed by atoms with van der Waals surface area (Å²) in [4.78, 5) is 29.7. The van der Waals surface area contributed by atoms with Gasteiger partial charge in [-0.05, 0) is 61.4 Å². The Morgan fingerprint density at radius 1 is 0.917 bits per heavy atom. The van der Waals surface area contributed by atoms with E-state index in [1.165, 1.54) is 0 Å². The maximum atomic E-state index is 13.6. The van der Waals surface area contributed by atoms with Gasteiger partial charge in [0.15, 0.2) is 0 Å². The van der Waals surface area contributed by atoms with Crippen LogP contribution in [0.25, 0.3) is 0 Å². The Morgan fingerprint density at radius 3 is 2.22 bits per heavy atom. The zero-order valence-corrected chi connectivity index (χ0v) is 23.3. The van der Waals surface area contributed by atoms with Crippen LogP contribution in [0.15, 0.2) is 77.7 Å².